The number of rotatable bonds is 4. The lowest BCUT2D eigenvalue weighted by Crippen LogP contribution is -2.24. The van der Waals surface area contributed by atoms with Gasteiger partial charge in [-0.25, -0.2) is 4.79 Å². The number of ether oxygens (including phenoxy) is 2. The molecule has 0 saturated carbocycles. The Morgan fingerprint density at radius 3 is 2.33 bits per heavy atom. The summed E-state index contributed by atoms with van der Waals surface area (Å²) in [5, 5.41) is 0.279. The molecule has 0 unspecified atom stereocenters. The van der Waals surface area contributed by atoms with Crippen LogP contribution < -0.4 is 8.92 Å². The summed E-state index contributed by atoms with van der Waals surface area (Å²) in [5.41, 5.74) is -0.288. The molecule has 0 amide bonds. The molecule has 0 spiro atoms. The molecule has 1 heterocycles. The highest BCUT2D eigenvalue weighted by Gasteiger charge is 2.26. The van der Waals surface area contributed by atoms with Crippen molar-refractivity contribution >= 4 is 27.3 Å². The third-order valence-electron chi connectivity index (χ3n) is 2.95. The Morgan fingerprint density at radius 2 is 1.83 bits per heavy atom. The second kappa shape index (κ2) is 5.99. The van der Waals surface area contributed by atoms with Gasteiger partial charge in [-0.05, 0) is 33.8 Å². The molecule has 0 bridgehead atoms. The molecule has 0 aliphatic heterocycles. The fourth-order valence-corrected chi connectivity index (χ4v) is 2.50. The van der Waals surface area contributed by atoms with Crippen molar-refractivity contribution in [1.29, 1.82) is 0 Å². The van der Waals surface area contributed by atoms with Gasteiger partial charge in [0.15, 0.2) is 11.5 Å². The molecular formula is C15H18O8S. The van der Waals surface area contributed by atoms with Crippen molar-refractivity contribution in [2.24, 2.45) is 0 Å². The molecule has 9 heteroatoms. The Morgan fingerprint density at radius 1 is 1.21 bits per heavy atom. The van der Waals surface area contributed by atoms with Crippen LogP contribution in [0.5, 0.6) is 11.5 Å². The third-order valence-corrected chi connectivity index (χ3v) is 3.34. The zero-order chi connectivity index (χ0) is 18.3. The van der Waals surface area contributed by atoms with Gasteiger partial charge in [0.05, 0.1) is 7.11 Å². The van der Waals surface area contributed by atoms with Gasteiger partial charge in [-0.3, -0.25) is 4.55 Å². The van der Waals surface area contributed by atoms with Crippen LogP contribution in [0.15, 0.2) is 16.5 Å². The van der Waals surface area contributed by atoms with E-state index in [1.807, 2.05) is 0 Å². The second-order valence-electron chi connectivity index (χ2n) is 6.05. The fraction of sp³-hybridized carbons (Fsp3) is 0.400. The molecule has 8 nitrogen and oxygen atoms in total. The number of esters is 1. The summed E-state index contributed by atoms with van der Waals surface area (Å²) in [7, 11) is -3.47. The number of aryl methyl sites for hydroxylation is 1. The maximum absolute atomic E-state index is 12.4. The average Bonchev–Trinajstić information content (AvgIpc) is 2.68. The Balaban J connectivity index is 2.63. The SMILES string of the molecule is COc1cc2oc(C)c(C(=O)OC(C)(C)C)c2cc1OS(=O)(=O)O. The lowest BCUT2D eigenvalue weighted by Gasteiger charge is -2.19. The van der Waals surface area contributed by atoms with Gasteiger partial charge in [0.25, 0.3) is 0 Å². The Kier molecular flexibility index (Phi) is 4.51. The zero-order valence-electron chi connectivity index (χ0n) is 13.9. The van der Waals surface area contributed by atoms with Crippen LogP contribution in [-0.4, -0.2) is 31.7 Å². The van der Waals surface area contributed by atoms with E-state index >= 15 is 0 Å². The number of methoxy groups -OCH3 is 1. The largest absolute Gasteiger partial charge is 0.493 e. The molecule has 1 aromatic carbocycles. The molecule has 0 saturated heterocycles. The van der Waals surface area contributed by atoms with Gasteiger partial charge < -0.3 is 18.1 Å². The standard InChI is InChI=1S/C15H18O8S/c1-8-13(14(16)22-15(2,3)4)9-6-12(23-24(17,18)19)11(20-5)7-10(9)21-8/h6-7H,1-5H3,(H,17,18,19). The van der Waals surface area contributed by atoms with Gasteiger partial charge in [-0.1, -0.05) is 0 Å². The minimum absolute atomic E-state index is 0.0182. The first-order valence-corrected chi connectivity index (χ1v) is 8.29. The molecule has 1 N–H and O–H groups in total. The van der Waals surface area contributed by atoms with Crippen LogP contribution in [0.2, 0.25) is 0 Å². The summed E-state index contributed by atoms with van der Waals surface area (Å²) in [4.78, 5) is 12.4. The predicted octanol–water partition coefficient (Wildman–Crippen LogP) is 2.89. The molecule has 2 aromatic rings. The van der Waals surface area contributed by atoms with Crippen LogP contribution in [-0.2, 0) is 15.1 Å². The first kappa shape index (κ1) is 18.1. The molecule has 0 aliphatic rings. The van der Waals surface area contributed by atoms with E-state index < -0.39 is 22.0 Å². The molecule has 0 fully saturated rings. The number of hydrogen-bond donors (Lipinski definition) is 1. The van der Waals surface area contributed by atoms with Crippen molar-refractivity contribution in [1.82, 2.24) is 0 Å². The van der Waals surface area contributed by atoms with E-state index in [2.05, 4.69) is 4.18 Å². The second-order valence-corrected chi connectivity index (χ2v) is 7.07. The minimum Gasteiger partial charge on any atom is -0.493 e. The minimum atomic E-state index is -4.76. The normalized spacial score (nSPS) is 12.2. The van der Waals surface area contributed by atoms with E-state index in [1.165, 1.54) is 19.2 Å². The van der Waals surface area contributed by atoms with Crippen molar-refractivity contribution in [2.75, 3.05) is 7.11 Å². The maximum atomic E-state index is 12.4. The third kappa shape index (κ3) is 3.98. The van der Waals surface area contributed by atoms with E-state index in [0.29, 0.717) is 5.76 Å². The Hall–Kier alpha value is -2.26. The molecule has 0 aliphatic carbocycles. The molecule has 0 atom stereocenters. The summed E-state index contributed by atoms with van der Waals surface area (Å²) in [6.07, 6.45) is 0. The highest BCUT2D eigenvalue weighted by Crippen LogP contribution is 2.37. The number of carbonyl (C=O) groups excluding carboxylic acids is 1. The van der Waals surface area contributed by atoms with Gasteiger partial charge in [-0.2, -0.15) is 8.42 Å². The van der Waals surface area contributed by atoms with Crippen molar-refractivity contribution in [3.8, 4) is 11.5 Å². The Labute approximate surface area is 139 Å². The van der Waals surface area contributed by atoms with Crippen molar-refractivity contribution in [2.45, 2.75) is 33.3 Å². The number of hydrogen-bond acceptors (Lipinski definition) is 7. The van der Waals surface area contributed by atoms with Crippen LogP contribution in [0, 0.1) is 6.92 Å². The highest BCUT2D eigenvalue weighted by molar-refractivity contribution is 7.81. The molecular weight excluding hydrogens is 340 g/mol. The van der Waals surface area contributed by atoms with Crippen LogP contribution >= 0.6 is 0 Å². The molecule has 132 valence electrons. The van der Waals surface area contributed by atoms with Gasteiger partial charge in [0, 0.05) is 11.5 Å². The molecule has 24 heavy (non-hydrogen) atoms. The van der Waals surface area contributed by atoms with Gasteiger partial charge in [0.2, 0.25) is 0 Å². The van der Waals surface area contributed by atoms with Gasteiger partial charge in [-0.15, -0.1) is 0 Å². The topological polar surface area (TPSA) is 112 Å². The number of carbonyl (C=O) groups is 1. The zero-order valence-corrected chi connectivity index (χ0v) is 14.7. The summed E-state index contributed by atoms with van der Waals surface area (Å²) >= 11 is 0. The lowest BCUT2D eigenvalue weighted by atomic mass is 10.1. The molecule has 1 aromatic heterocycles. The summed E-state index contributed by atoms with van der Waals surface area (Å²) in [6, 6.07) is 2.59. The van der Waals surface area contributed by atoms with Crippen LogP contribution in [0.4, 0.5) is 0 Å². The van der Waals surface area contributed by atoms with E-state index in [-0.39, 0.29) is 28.0 Å². The van der Waals surface area contributed by atoms with Crippen LogP contribution in [0.3, 0.4) is 0 Å². The number of benzene rings is 1. The fourth-order valence-electron chi connectivity index (χ4n) is 2.15. The highest BCUT2D eigenvalue weighted by atomic mass is 32.3. The van der Waals surface area contributed by atoms with E-state index in [4.69, 9.17) is 18.4 Å². The van der Waals surface area contributed by atoms with Crippen molar-refractivity contribution < 1.29 is 35.8 Å². The van der Waals surface area contributed by atoms with Crippen LogP contribution in [0.1, 0.15) is 36.9 Å². The number of furan rings is 1. The van der Waals surface area contributed by atoms with E-state index in [1.54, 1.807) is 27.7 Å². The van der Waals surface area contributed by atoms with E-state index in [0.717, 1.165) is 0 Å². The maximum Gasteiger partial charge on any atom is 0.446 e. The summed E-state index contributed by atoms with van der Waals surface area (Å²) in [5.74, 6) is -0.588. The summed E-state index contributed by atoms with van der Waals surface area (Å²) in [6.45, 7) is 6.74. The lowest BCUT2D eigenvalue weighted by molar-refractivity contribution is 0.00698. The predicted molar refractivity (Wildman–Crippen MR) is 84.8 cm³/mol. The Bertz CT molecular complexity index is 886. The first-order valence-electron chi connectivity index (χ1n) is 6.92. The van der Waals surface area contributed by atoms with Gasteiger partial charge >= 0.3 is 16.4 Å². The van der Waals surface area contributed by atoms with Crippen molar-refractivity contribution in [3.63, 3.8) is 0 Å². The molecule has 0 radical (unpaired) electrons. The smallest absolute Gasteiger partial charge is 0.446 e. The van der Waals surface area contributed by atoms with Crippen molar-refractivity contribution in [3.05, 3.63) is 23.5 Å². The summed E-state index contributed by atoms with van der Waals surface area (Å²) < 4.78 is 51.2. The van der Waals surface area contributed by atoms with Gasteiger partial charge in [0.1, 0.15) is 22.5 Å². The van der Waals surface area contributed by atoms with Crippen LogP contribution in [0.25, 0.3) is 11.0 Å². The first-order chi connectivity index (χ1) is 10.9. The monoisotopic (exact) mass is 358 g/mol. The average molecular weight is 358 g/mol. The quantitative estimate of drug-likeness (QED) is 0.656. The van der Waals surface area contributed by atoms with E-state index in [9.17, 15) is 13.2 Å². The number of fused-ring (bicyclic) bond motifs is 1. The molecule has 2 rings (SSSR count).